The van der Waals surface area contributed by atoms with Gasteiger partial charge in [-0.3, -0.25) is 4.79 Å². The predicted octanol–water partition coefficient (Wildman–Crippen LogP) is 2.98. The maximum atomic E-state index is 12.8. The second-order valence-corrected chi connectivity index (χ2v) is 8.23. The third-order valence-corrected chi connectivity index (χ3v) is 6.12. The molecule has 0 aliphatic carbocycles. The van der Waals surface area contributed by atoms with Gasteiger partial charge in [0.15, 0.2) is 23.0 Å². The predicted molar refractivity (Wildman–Crippen MR) is 124 cm³/mol. The van der Waals surface area contributed by atoms with Crippen LogP contribution in [0.15, 0.2) is 48.8 Å². The number of aromatic nitrogens is 4. The van der Waals surface area contributed by atoms with E-state index >= 15 is 0 Å². The summed E-state index contributed by atoms with van der Waals surface area (Å²) in [5, 5.41) is 20.0. The van der Waals surface area contributed by atoms with Gasteiger partial charge >= 0.3 is 0 Å². The first-order chi connectivity index (χ1) is 16.0. The van der Waals surface area contributed by atoms with Crippen molar-refractivity contribution < 1.29 is 15.0 Å². The van der Waals surface area contributed by atoms with Gasteiger partial charge in [0.2, 0.25) is 5.91 Å². The summed E-state index contributed by atoms with van der Waals surface area (Å²) in [5.74, 6) is 0.844. The molecular formula is C23H21ClN6O3. The van der Waals surface area contributed by atoms with E-state index in [1.165, 1.54) is 18.5 Å². The van der Waals surface area contributed by atoms with E-state index in [0.717, 1.165) is 5.56 Å². The molecule has 0 radical (unpaired) electrons. The number of phenols is 2. The lowest BCUT2D eigenvalue weighted by atomic mass is 10.1. The molecule has 4 aromatic rings. The number of imidazole rings is 1. The van der Waals surface area contributed by atoms with Crippen LogP contribution in [0, 0.1) is 0 Å². The summed E-state index contributed by atoms with van der Waals surface area (Å²) in [5.41, 5.74) is 2.62. The molecule has 2 aromatic heterocycles. The number of rotatable bonds is 4. The number of fused-ring (bicyclic) bond motifs is 1. The van der Waals surface area contributed by atoms with E-state index in [0.29, 0.717) is 59.6 Å². The second-order valence-electron chi connectivity index (χ2n) is 7.82. The Kier molecular flexibility index (Phi) is 5.47. The third kappa shape index (κ3) is 4.14. The van der Waals surface area contributed by atoms with Crippen molar-refractivity contribution >= 4 is 34.5 Å². The number of hydrogen-bond acceptors (Lipinski definition) is 7. The highest BCUT2D eigenvalue weighted by atomic mass is 35.5. The molecule has 1 saturated heterocycles. The van der Waals surface area contributed by atoms with Crippen molar-refractivity contribution in [3.05, 3.63) is 59.4 Å². The number of halogens is 1. The van der Waals surface area contributed by atoms with E-state index in [4.69, 9.17) is 11.6 Å². The Morgan fingerprint density at radius 3 is 2.58 bits per heavy atom. The average Bonchev–Trinajstić information content (AvgIpc) is 3.27. The molecule has 1 fully saturated rings. The number of carbonyl (C=O) groups excluding carboxylic acids is 1. The van der Waals surface area contributed by atoms with Gasteiger partial charge in [-0.2, -0.15) is 0 Å². The van der Waals surface area contributed by atoms with Crippen LogP contribution in [0.1, 0.15) is 5.56 Å². The molecule has 0 atom stereocenters. The number of amides is 1. The van der Waals surface area contributed by atoms with E-state index in [1.807, 2.05) is 23.1 Å². The van der Waals surface area contributed by atoms with E-state index in [9.17, 15) is 15.0 Å². The molecule has 1 aliphatic rings. The fourth-order valence-electron chi connectivity index (χ4n) is 3.95. The van der Waals surface area contributed by atoms with Crippen molar-refractivity contribution in [3.63, 3.8) is 0 Å². The van der Waals surface area contributed by atoms with E-state index in [1.54, 1.807) is 12.1 Å². The first-order valence-electron chi connectivity index (χ1n) is 10.5. The molecule has 5 rings (SSSR count). The SMILES string of the molecule is O=C(Cc1ccccc1Cl)N1CCN(c2ncnc3nc(-c4ccc(O)c(O)c4)[nH]c23)CC1. The molecule has 3 N–H and O–H groups in total. The van der Waals surface area contributed by atoms with Crippen molar-refractivity contribution in [2.75, 3.05) is 31.1 Å². The zero-order valence-corrected chi connectivity index (χ0v) is 18.3. The van der Waals surface area contributed by atoms with Gasteiger partial charge in [-0.25, -0.2) is 15.0 Å². The number of hydrogen-bond donors (Lipinski definition) is 3. The molecule has 0 saturated carbocycles. The standard InChI is InChI=1S/C23H21ClN6O3/c24-16-4-2-1-3-14(16)12-19(33)29-7-9-30(10-8-29)23-20-22(25-13-26-23)28-21(27-20)15-5-6-17(31)18(32)11-15/h1-6,11,13,31-32H,7-10,12H2,(H,25,26,27,28). The fourth-order valence-corrected chi connectivity index (χ4v) is 4.15. The van der Waals surface area contributed by atoms with Crippen LogP contribution in [0.25, 0.3) is 22.6 Å². The van der Waals surface area contributed by atoms with Gasteiger partial charge in [0.1, 0.15) is 17.7 Å². The molecule has 1 aliphatic heterocycles. The number of aromatic amines is 1. The van der Waals surface area contributed by atoms with Crippen molar-refractivity contribution in [1.29, 1.82) is 0 Å². The van der Waals surface area contributed by atoms with Crippen LogP contribution in [0.3, 0.4) is 0 Å². The number of benzene rings is 2. The van der Waals surface area contributed by atoms with Crippen LogP contribution >= 0.6 is 11.6 Å². The van der Waals surface area contributed by atoms with Crippen LogP contribution in [0.4, 0.5) is 5.82 Å². The molecule has 3 heterocycles. The second kappa shape index (κ2) is 8.59. The number of piperazine rings is 1. The van der Waals surface area contributed by atoms with E-state index < -0.39 is 0 Å². The van der Waals surface area contributed by atoms with Crippen molar-refractivity contribution in [3.8, 4) is 22.9 Å². The molecule has 2 aromatic carbocycles. The summed E-state index contributed by atoms with van der Waals surface area (Å²) in [6.07, 6.45) is 1.74. The van der Waals surface area contributed by atoms with Gasteiger partial charge in [-0.05, 0) is 29.8 Å². The summed E-state index contributed by atoms with van der Waals surface area (Å²) in [6, 6.07) is 11.9. The zero-order valence-electron chi connectivity index (χ0n) is 17.6. The number of H-pyrrole nitrogens is 1. The summed E-state index contributed by atoms with van der Waals surface area (Å²) in [4.78, 5) is 33.1. The Labute approximate surface area is 194 Å². The van der Waals surface area contributed by atoms with E-state index in [2.05, 4.69) is 24.8 Å². The van der Waals surface area contributed by atoms with Gasteiger partial charge in [0.05, 0.1) is 6.42 Å². The Hall–Kier alpha value is -3.85. The van der Waals surface area contributed by atoms with Crippen molar-refractivity contribution in [2.45, 2.75) is 6.42 Å². The average molecular weight is 465 g/mol. The lowest BCUT2D eigenvalue weighted by Gasteiger charge is -2.35. The van der Waals surface area contributed by atoms with Gasteiger partial charge in [-0.1, -0.05) is 29.8 Å². The minimum atomic E-state index is -0.225. The highest BCUT2D eigenvalue weighted by Crippen LogP contribution is 2.31. The van der Waals surface area contributed by atoms with Gasteiger partial charge in [0.25, 0.3) is 0 Å². The Bertz CT molecular complexity index is 1330. The minimum Gasteiger partial charge on any atom is -0.504 e. The summed E-state index contributed by atoms with van der Waals surface area (Å²) in [7, 11) is 0. The molecular weight excluding hydrogens is 444 g/mol. The molecule has 10 heteroatoms. The summed E-state index contributed by atoms with van der Waals surface area (Å²) >= 11 is 6.20. The van der Waals surface area contributed by atoms with Crippen LogP contribution in [0.5, 0.6) is 11.5 Å². The molecule has 0 unspecified atom stereocenters. The smallest absolute Gasteiger partial charge is 0.227 e. The summed E-state index contributed by atoms with van der Waals surface area (Å²) < 4.78 is 0. The fraction of sp³-hybridized carbons (Fsp3) is 0.217. The largest absolute Gasteiger partial charge is 0.504 e. The van der Waals surface area contributed by atoms with Crippen LogP contribution in [0.2, 0.25) is 5.02 Å². The van der Waals surface area contributed by atoms with Crippen LogP contribution in [-0.2, 0) is 11.2 Å². The molecule has 168 valence electrons. The Morgan fingerprint density at radius 1 is 1.03 bits per heavy atom. The van der Waals surface area contributed by atoms with Crippen molar-refractivity contribution in [1.82, 2.24) is 24.8 Å². The first-order valence-corrected chi connectivity index (χ1v) is 10.9. The summed E-state index contributed by atoms with van der Waals surface area (Å²) in [6.45, 7) is 2.38. The van der Waals surface area contributed by atoms with E-state index in [-0.39, 0.29) is 23.8 Å². The first kappa shape index (κ1) is 21.0. The maximum Gasteiger partial charge on any atom is 0.227 e. The highest BCUT2D eigenvalue weighted by Gasteiger charge is 2.24. The van der Waals surface area contributed by atoms with Gasteiger partial charge in [-0.15, -0.1) is 0 Å². The highest BCUT2D eigenvalue weighted by molar-refractivity contribution is 6.31. The van der Waals surface area contributed by atoms with Crippen LogP contribution < -0.4 is 4.90 Å². The number of nitrogens with one attached hydrogen (secondary N) is 1. The van der Waals surface area contributed by atoms with Gasteiger partial charge < -0.3 is 25.0 Å². The molecule has 33 heavy (non-hydrogen) atoms. The Morgan fingerprint density at radius 2 is 1.82 bits per heavy atom. The van der Waals surface area contributed by atoms with Crippen molar-refractivity contribution in [2.24, 2.45) is 0 Å². The number of phenolic OH excluding ortho intramolecular Hbond substituents is 2. The maximum absolute atomic E-state index is 12.8. The minimum absolute atomic E-state index is 0.0477. The zero-order chi connectivity index (χ0) is 22.9. The topological polar surface area (TPSA) is 118 Å². The molecule has 9 nitrogen and oxygen atoms in total. The number of nitrogens with zero attached hydrogens (tertiary/aromatic N) is 5. The number of anilines is 1. The third-order valence-electron chi connectivity index (χ3n) is 5.75. The quantitative estimate of drug-likeness (QED) is 0.397. The molecule has 0 spiro atoms. The number of carbonyl (C=O) groups is 1. The molecule has 1 amide bonds. The lowest BCUT2D eigenvalue weighted by Crippen LogP contribution is -2.49. The van der Waals surface area contributed by atoms with Crippen LogP contribution in [-0.4, -0.2) is 67.1 Å². The van der Waals surface area contributed by atoms with Gasteiger partial charge in [0, 0.05) is 36.8 Å². The normalized spacial score (nSPS) is 14.1. The lowest BCUT2D eigenvalue weighted by molar-refractivity contribution is -0.130. The number of aromatic hydroxyl groups is 2. The molecule has 0 bridgehead atoms. The Balaban J connectivity index is 1.32. The monoisotopic (exact) mass is 464 g/mol.